The number of aliphatic hydroxyl groups excluding tert-OH is 1. The molecule has 0 aliphatic carbocycles. The van der Waals surface area contributed by atoms with E-state index in [1.165, 1.54) is 5.69 Å². The highest BCUT2D eigenvalue weighted by atomic mass is 16.3. The Labute approximate surface area is 119 Å². The molecule has 0 bridgehead atoms. The van der Waals surface area contributed by atoms with Gasteiger partial charge in [0.1, 0.15) is 0 Å². The van der Waals surface area contributed by atoms with Gasteiger partial charge in [0.15, 0.2) is 0 Å². The van der Waals surface area contributed by atoms with E-state index in [4.69, 9.17) is 0 Å². The highest BCUT2D eigenvalue weighted by molar-refractivity contribution is 5.98. The Morgan fingerprint density at radius 3 is 2.65 bits per heavy atom. The summed E-state index contributed by atoms with van der Waals surface area (Å²) < 4.78 is 0. The molecule has 0 aromatic heterocycles. The Morgan fingerprint density at radius 2 is 2.00 bits per heavy atom. The minimum atomic E-state index is 0.242. The molecule has 2 atom stereocenters. The number of hydrogen-bond donors (Lipinski definition) is 1. The maximum Gasteiger partial charge on any atom is 0.0998 e. The molecule has 1 aliphatic heterocycles. The second kappa shape index (κ2) is 5.15. The minimum absolute atomic E-state index is 0.242. The molecule has 1 aliphatic rings. The third kappa shape index (κ3) is 1.93. The molecule has 3 nitrogen and oxygen atoms in total. The van der Waals surface area contributed by atoms with Crippen molar-refractivity contribution in [3.63, 3.8) is 0 Å². The molecule has 1 saturated heterocycles. The maximum atomic E-state index is 9.43. The smallest absolute Gasteiger partial charge is 0.0998 e. The van der Waals surface area contributed by atoms with E-state index in [1.54, 1.807) is 0 Å². The van der Waals surface area contributed by atoms with Gasteiger partial charge in [0.25, 0.3) is 0 Å². The van der Waals surface area contributed by atoms with Crippen LogP contribution in [0.1, 0.15) is 18.9 Å². The first kappa shape index (κ1) is 13.0. The molecule has 0 saturated carbocycles. The fraction of sp³-hybridized carbons (Fsp3) is 0.353. The van der Waals surface area contributed by atoms with Crippen LogP contribution in [0.3, 0.4) is 0 Å². The van der Waals surface area contributed by atoms with Gasteiger partial charge < -0.3 is 10.0 Å². The van der Waals surface area contributed by atoms with Crippen LogP contribution >= 0.6 is 0 Å². The number of nitriles is 1. The summed E-state index contributed by atoms with van der Waals surface area (Å²) in [4.78, 5) is 2.35. The molecule has 0 spiro atoms. The summed E-state index contributed by atoms with van der Waals surface area (Å²) in [6.45, 7) is 3.37. The quantitative estimate of drug-likeness (QED) is 0.909. The van der Waals surface area contributed by atoms with Crippen LogP contribution < -0.4 is 4.90 Å². The maximum absolute atomic E-state index is 9.43. The Hall–Kier alpha value is -2.05. The van der Waals surface area contributed by atoms with Crippen molar-refractivity contribution in [3.05, 3.63) is 42.0 Å². The van der Waals surface area contributed by atoms with Crippen LogP contribution in [0.25, 0.3) is 10.8 Å². The highest BCUT2D eigenvalue weighted by Crippen LogP contribution is 2.35. The van der Waals surface area contributed by atoms with Crippen LogP contribution in [-0.2, 0) is 0 Å². The van der Waals surface area contributed by atoms with Gasteiger partial charge >= 0.3 is 0 Å². The number of hydrogen-bond acceptors (Lipinski definition) is 3. The van der Waals surface area contributed by atoms with E-state index in [0.29, 0.717) is 12.0 Å². The summed E-state index contributed by atoms with van der Waals surface area (Å²) in [5.74, 6) is 0.337. The zero-order valence-electron chi connectivity index (χ0n) is 11.6. The Balaban J connectivity index is 2.12. The summed E-state index contributed by atoms with van der Waals surface area (Å²) in [7, 11) is 0. The van der Waals surface area contributed by atoms with Crippen molar-refractivity contribution in [1.82, 2.24) is 0 Å². The monoisotopic (exact) mass is 266 g/mol. The first-order valence-corrected chi connectivity index (χ1v) is 7.05. The van der Waals surface area contributed by atoms with Crippen molar-refractivity contribution in [2.24, 2.45) is 5.92 Å². The third-order valence-corrected chi connectivity index (χ3v) is 4.48. The zero-order valence-corrected chi connectivity index (χ0v) is 11.6. The van der Waals surface area contributed by atoms with Crippen LogP contribution in [0.15, 0.2) is 36.4 Å². The predicted octanol–water partition coefficient (Wildman–Crippen LogP) is 2.92. The van der Waals surface area contributed by atoms with Crippen molar-refractivity contribution in [3.8, 4) is 6.07 Å². The number of benzene rings is 2. The lowest BCUT2D eigenvalue weighted by molar-refractivity contribution is 0.221. The van der Waals surface area contributed by atoms with Crippen LogP contribution in [-0.4, -0.2) is 24.3 Å². The normalized spacial score (nSPS) is 22.1. The minimum Gasteiger partial charge on any atom is -0.396 e. The Morgan fingerprint density at radius 1 is 1.25 bits per heavy atom. The summed E-state index contributed by atoms with van der Waals surface area (Å²) >= 11 is 0. The highest BCUT2D eigenvalue weighted by Gasteiger charge is 2.31. The van der Waals surface area contributed by atoms with Crippen molar-refractivity contribution < 1.29 is 5.11 Å². The van der Waals surface area contributed by atoms with Crippen LogP contribution in [0, 0.1) is 17.2 Å². The lowest BCUT2D eigenvalue weighted by Crippen LogP contribution is -2.31. The number of rotatable bonds is 2. The lowest BCUT2D eigenvalue weighted by Gasteiger charge is -2.27. The fourth-order valence-electron chi connectivity index (χ4n) is 3.22. The van der Waals surface area contributed by atoms with Crippen molar-refractivity contribution in [2.75, 3.05) is 18.1 Å². The van der Waals surface area contributed by atoms with Gasteiger partial charge in [-0.25, -0.2) is 0 Å². The number of anilines is 1. The van der Waals surface area contributed by atoms with Gasteiger partial charge in [0, 0.05) is 41.6 Å². The standard InChI is InChI=1S/C17H18N2O/c1-12-14(11-20)8-9-19(12)17-7-6-13(10-18)15-4-2-3-5-16(15)17/h2-7,12,14,20H,8-9,11H2,1H3/t12-,14?/m0/s1. The molecule has 1 unspecified atom stereocenters. The molecule has 1 N–H and O–H groups in total. The average molecular weight is 266 g/mol. The molecule has 1 fully saturated rings. The molecule has 20 heavy (non-hydrogen) atoms. The summed E-state index contributed by atoms with van der Waals surface area (Å²) in [6, 6.07) is 14.6. The van der Waals surface area contributed by atoms with E-state index in [-0.39, 0.29) is 6.61 Å². The number of nitrogens with zero attached hydrogens (tertiary/aromatic N) is 2. The molecule has 3 rings (SSSR count). The second-order valence-corrected chi connectivity index (χ2v) is 5.45. The van der Waals surface area contributed by atoms with Gasteiger partial charge in [0.2, 0.25) is 0 Å². The van der Waals surface area contributed by atoms with E-state index in [1.807, 2.05) is 30.3 Å². The Bertz CT molecular complexity index is 674. The Kier molecular flexibility index (Phi) is 3.33. The van der Waals surface area contributed by atoms with Crippen molar-refractivity contribution >= 4 is 16.5 Å². The first-order valence-electron chi connectivity index (χ1n) is 7.05. The van der Waals surface area contributed by atoms with E-state index in [9.17, 15) is 10.4 Å². The average Bonchev–Trinajstić information content (AvgIpc) is 2.87. The largest absolute Gasteiger partial charge is 0.396 e. The second-order valence-electron chi connectivity index (χ2n) is 5.45. The van der Waals surface area contributed by atoms with Crippen LogP contribution in [0.4, 0.5) is 5.69 Å². The number of fused-ring (bicyclic) bond motifs is 1. The van der Waals surface area contributed by atoms with Gasteiger partial charge in [-0.1, -0.05) is 24.3 Å². The molecule has 0 radical (unpaired) electrons. The zero-order chi connectivity index (χ0) is 14.1. The third-order valence-electron chi connectivity index (χ3n) is 4.48. The van der Waals surface area contributed by atoms with Crippen LogP contribution in [0.5, 0.6) is 0 Å². The summed E-state index contributed by atoms with van der Waals surface area (Å²) in [5.41, 5.74) is 1.89. The van der Waals surface area contributed by atoms with E-state index >= 15 is 0 Å². The van der Waals surface area contributed by atoms with Crippen molar-refractivity contribution in [1.29, 1.82) is 5.26 Å². The van der Waals surface area contributed by atoms with Gasteiger partial charge in [-0.2, -0.15) is 5.26 Å². The van der Waals surface area contributed by atoms with Crippen molar-refractivity contribution in [2.45, 2.75) is 19.4 Å². The van der Waals surface area contributed by atoms with Gasteiger partial charge in [-0.3, -0.25) is 0 Å². The van der Waals surface area contributed by atoms with E-state index in [2.05, 4.69) is 24.0 Å². The first-order chi connectivity index (χ1) is 9.76. The van der Waals surface area contributed by atoms with Gasteiger partial charge in [0.05, 0.1) is 11.6 Å². The SMILES string of the molecule is C[C@H]1C(CO)CCN1c1ccc(C#N)c2ccccc12. The van der Waals surface area contributed by atoms with Gasteiger partial charge in [-0.05, 0) is 25.5 Å². The molecule has 1 heterocycles. The molecule has 2 aromatic carbocycles. The fourth-order valence-corrected chi connectivity index (χ4v) is 3.22. The molecular weight excluding hydrogens is 248 g/mol. The molecule has 3 heteroatoms. The summed E-state index contributed by atoms with van der Waals surface area (Å²) in [5, 5.41) is 20.8. The molecule has 102 valence electrons. The molecular formula is C17H18N2O. The van der Waals surface area contributed by atoms with E-state index < -0.39 is 0 Å². The number of aliphatic hydroxyl groups is 1. The molecule has 2 aromatic rings. The predicted molar refractivity (Wildman–Crippen MR) is 80.7 cm³/mol. The van der Waals surface area contributed by atoms with Crippen LogP contribution in [0.2, 0.25) is 0 Å². The topological polar surface area (TPSA) is 47.3 Å². The van der Waals surface area contributed by atoms with Gasteiger partial charge in [-0.15, -0.1) is 0 Å². The lowest BCUT2D eigenvalue weighted by atomic mass is 10.0. The molecule has 0 amide bonds. The summed E-state index contributed by atoms with van der Waals surface area (Å²) in [6.07, 6.45) is 1.02. The van der Waals surface area contributed by atoms with E-state index in [0.717, 1.165) is 29.3 Å².